The molecule has 0 aromatic heterocycles. The molecule has 0 spiro atoms. The van der Waals surface area contributed by atoms with Crippen molar-refractivity contribution < 1.29 is 0 Å². The van der Waals surface area contributed by atoms with Crippen LogP contribution in [0.1, 0.15) is 39.3 Å². The van der Waals surface area contributed by atoms with E-state index in [4.69, 9.17) is 17.3 Å². The van der Waals surface area contributed by atoms with Crippen molar-refractivity contribution in [1.82, 2.24) is 4.90 Å². The molecule has 0 aliphatic rings. The highest BCUT2D eigenvalue weighted by molar-refractivity contribution is 9.10. The number of rotatable bonds is 6. The van der Waals surface area contributed by atoms with Crippen LogP contribution in [0, 0.1) is 5.92 Å². The summed E-state index contributed by atoms with van der Waals surface area (Å²) in [5.74, 6) is 0.613. The van der Waals surface area contributed by atoms with Gasteiger partial charge in [-0.05, 0) is 53.4 Å². The molecule has 0 bridgehead atoms. The first-order chi connectivity index (χ1) is 8.86. The number of nitrogens with zero attached hydrogens (tertiary/aromatic N) is 1. The average molecular weight is 348 g/mol. The van der Waals surface area contributed by atoms with Crippen molar-refractivity contribution in [3.8, 4) is 0 Å². The van der Waals surface area contributed by atoms with E-state index in [-0.39, 0.29) is 6.04 Å². The Hall–Kier alpha value is -0.0900. The second-order valence-corrected chi connectivity index (χ2v) is 6.87. The Morgan fingerprint density at radius 1 is 1.26 bits per heavy atom. The third kappa shape index (κ3) is 4.75. The van der Waals surface area contributed by atoms with Crippen LogP contribution in [0.25, 0.3) is 0 Å². The van der Waals surface area contributed by atoms with E-state index in [1.165, 1.54) is 5.56 Å². The van der Waals surface area contributed by atoms with Crippen LogP contribution in [-0.4, -0.2) is 24.0 Å². The van der Waals surface area contributed by atoms with Crippen molar-refractivity contribution in [2.45, 2.75) is 39.8 Å². The maximum Gasteiger partial charge on any atom is 0.0551 e. The van der Waals surface area contributed by atoms with Crippen molar-refractivity contribution in [3.63, 3.8) is 0 Å². The van der Waals surface area contributed by atoms with Crippen LogP contribution < -0.4 is 5.73 Å². The fourth-order valence-electron chi connectivity index (χ4n) is 2.30. The highest BCUT2D eigenvalue weighted by Crippen LogP contribution is 2.29. The summed E-state index contributed by atoms with van der Waals surface area (Å²) in [5, 5.41) is 0.740. The van der Waals surface area contributed by atoms with Gasteiger partial charge in [0.25, 0.3) is 0 Å². The zero-order chi connectivity index (χ0) is 14.6. The molecule has 1 rings (SSSR count). The van der Waals surface area contributed by atoms with Crippen LogP contribution in [0.3, 0.4) is 0 Å². The van der Waals surface area contributed by atoms with E-state index in [0.717, 1.165) is 16.0 Å². The van der Waals surface area contributed by atoms with E-state index in [1.807, 2.05) is 12.1 Å². The monoisotopic (exact) mass is 346 g/mol. The third-order valence-corrected chi connectivity index (χ3v) is 4.42. The smallest absolute Gasteiger partial charge is 0.0551 e. The molecule has 2 nitrogen and oxygen atoms in total. The number of benzene rings is 1. The fraction of sp³-hybridized carbons (Fsp3) is 0.600. The summed E-state index contributed by atoms with van der Waals surface area (Å²) in [6.07, 6.45) is 0. The summed E-state index contributed by atoms with van der Waals surface area (Å²) in [7, 11) is 0. The summed E-state index contributed by atoms with van der Waals surface area (Å²) in [6.45, 7) is 10.5. The molecule has 1 aromatic carbocycles. The predicted molar refractivity (Wildman–Crippen MR) is 87.6 cm³/mol. The van der Waals surface area contributed by atoms with Gasteiger partial charge in [0.2, 0.25) is 0 Å². The first-order valence-corrected chi connectivity index (χ1v) is 7.94. The second kappa shape index (κ2) is 7.63. The van der Waals surface area contributed by atoms with Gasteiger partial charge in [-0.15, -0.1) is 0 Å². The molecule has 108 valence electrons. The van der Waals surface area contributed by atoms with Gasteiger partial charge >= 0.3 is 0 Å². The van der Waals surface area contributed by atoms with Crippen LogP contribution in [0.2, 0.25) is 5.02 Å². The van der Waals surface area contributed by atoms with Crippen molar-refractivity contribution >= 4 is 27.5 Å². The lowest BCUT2D eigenvalue weighted by Gasteiger charge is -2.36. The Bertz CT molecular complexity index is 407. The van der Waals surface area contributed by atoms with Gasteiger partial charge in [0.05, 0.1) is 5.02 Å². The van der Waals surface area contributed by atoms with Crippen molar-refractivity contribution in [1.29, 1.82) is 0 Å². The molecular weight excluding hydrogens is 324 g/mol. The predicted octanol–water partition coefficient (Wildman–Crippen LogP) is 4.47. The molecule has 1 unspecified atom stereocenters. The number of hydrogen-bond acceptors (Lipinski definition) is 2. The first-order valence-electron chi connectivity index (χ1n) is 6.77. The van der Waals surface area contributed by atoms with E-state index in [2.05, 4.69) is 54.6 Å². The minimum absolute atomic E-state index is 0.216. The molecule has 0 aliphatic heterocycles. The summed E-state index contributed by atoms with van der Waals surface area (Å²) in [6, 6.07) is 6.78. The molecule has 0 amide bonds. The van der Waals surface area contributed by atoms with Crippen LogP contribution >= 0.6 is 27.5 Å². The van der Waals surface area contributed by atoms with Crippen LogP contribution in [0.5, 0.6) is 0 Å². The van der Waals surface area contributed by atoms with E-state index >= 15 is 0 Å². The highest BCUT2D eigenvalue weighted by Gasteiger charge is 2.22. The average Bonchev–Trinajstić information content (AvgIpc) is 2.32. The summed E-state index contributed by atoms with van der Waals surface area (Å²) >= 11 is 9.63. The van der Waals surface area contributed by atoms with E-state index in [0.29, 0.717) is 18.5 Å². The summed E-state index contributed by atoms with van der Waals surface area (Å²) in [4.78, 5) is 2.45. The minimum atomic E-state index is 0.216. The van der Waals surface area contributed by atoms with Crippen LogP contribution in [-0.2, 0) is 0 Å². The molecule has 0 heterocycles. The SMILES string of the molecule is CC(C)CN(C(C)C)C(CN)c1ccc(Br)c(Cl)c1. The molecule has 0 aliphatic carbocycles. The summed E-state index contributed by atoms with van der Waals surface area (Å²) in [5.41, 5.74) is 7.20. The maximum atomic E-state index is 6.20. The molecule has 0 saturated carbocycles. The molecule has 0 radical (unpaired) electrons. The van der Waals surface area contributed by atoms with Gasteiger partial charge in [-0.3, -0.25) is 4.90 Å². The minimum Gasteiger partial charge on any atom is -0.329 e. The molecule has 0 fully saturated rings. The maximum absolute atomic E-state index is 6.20. The first kappa shape index (κ1) is 17.0. The largest absolute Gasteiger partial charge is 0.329 e. The number of halogens is 2. The van der Waals surface area contributed by atoms with Gasteiger partial charge in [-0.1, -0.05) is 31.5 Å². The third-order valence-electron chi connectivity index (χ3n) is 3.19. The fourth-order valence-corrected chi connectivity index (χ4v) is 2.74. The van der Waals surface area contributed by atoms with Gasteiger partial charge in [-0.25, -0.2) is 0 Å². The van der Waals surface area contributed by atoms with E-state index in [1.54, 1.807) is 0 Å². The Kier molecular flexibility index (Phi) is 6.81. The van der Waals surface area contributed by atoms with Crippen LogP contribution in [0.15, 0.2) is 22.7 Å². The molecular formula is C15H24BrClN2. The van der Waals surface area contributed by atoms with E-state index in [9.17, 15) is 0 Å². The molecule has 19 heavy (non-hydrogen) atoms. The standard InChI is InChI=1S/C15H24BrClN2/c1-10(2)9-19(11(3)4)15(8-18)12-5-6-13(16)14(17)7-12/h5-7,10-11,15H,8-9,18H2,1-4H3. The topological polar surface area (TPSA) is 29.3 Å². The zero-order valence-corrected chi connectivity index (χ0v) is 14.5. The quantitative estimate of drug-likeness (QED) is 0.822. The Balaban J connectivity index is 3.04. The molecule has 1 aromatic rings. The molecule has 4 heteroatoms. The number of nitrogens with two attached hydrogens (primary N) is 1. The normalized spacial score (nSPS) is 13.6. The van der Waals surface area contributed by atoms with Gasteiger partial charge < -0.3 is 5.73 Å². The second-order valence-electron chi connectivity index (χ2n) is 5.61. The lowest BCUT2D eigenvalue weighted by molar-refractivity contribution is 0.138. The van der Waals surface area contributed by atoms with Gasteiger partial charge in [-0.2, -0.15) is 0 Å². The molecule has 2 N–H and O–H groups in total. The van der Waals surface area contributed by atoms with Crippen molar-refractivity contribution in [2.24, 2.45) is 11.7 Å². The number of hydrogen-bond donors (Lipinski definition) is 1. The lowest BCUT2D eigenvalue weighted by Crippen LogP contribution is -2.40. The molecule has 1 atom stereocenters. The highest BCUT2D eigenvalue weighted by atomic mass is 79.9. The van der Waals surface area contributed by atoms with E-state index < -0.39 is 0 Å². The Labute approximate surface area is 130 Å². The Morgan fingerprint density at radius 3 is 2.32 bits per heavy atom. The Morgan fingerprint density at radius 2 is 1.89 bits per heavy atom. The van der Waals surface area contributed by atoms with Gasteiger partial charge in [0.1, 0.15) is 0 Å². The van der Waals surface area contributed by atoms with Crippen LogP contribution in [0.4, 0.5) is 0 Å². The summed E-state index contributed by atoms with van der Waals surface area (Å²) < 4.78 is 0.925. The van der Waals surface area contributed by atoms with Crippen molar-refractivity contribution in [2.75, 3.05) is 13.1 Å². The lowest BCUT2D eigenvalue weighted by atomic mass is 10.0. The van der Waals surface area contributed by atoms with Gasteiger partial charge in [0.15, 0.2) is 0 Å². The van der Waals surface area contributed by atoms with Gasteiger partial charge in [0, 0.05) is 29.6 Å². The molecule has 0 saturated heterocycles. The zero-order valence-electron chi connectivity index (χ0n) is 12.2. The van der Waals surface area contributed by atoms with Crippen molar-refractivity contribution in [3.05, 3.63) is 33.3 Å².